The molecule has 0 spiro atoms. The molecule has 0 aliphatic rings. The molecule has 0 bridgehead atoms. The van der Waals surface area contributed by atoms with Gasteiger partial charge in [0, 0.05) is 11.1 Å². The predicted octanol–water partition coefficient (Wildman–Crippen LogP) is 3.22. The van der Waals surface area contributed by atoms with Crippen molar-refractivity contribution in [2.75, 3.05) is 11.9 Å². The van der Waals surface area contributed by atoms with Crippen LogP contribution < -0.4 is 10.6 Å². The quantitative estimate of drug-likeness (QED) is 0.876. The number of hydrogen-bond donors (Lipinski definition) is 2. The van der Waals surface area contributed by atoms with E-state index in [1.54, 1.807) is 46.4 Å². The molecule has 8 heteroatoms. The molecule has 2 rings (SSSR count). The molecule has 0 saturated heterocycles. The Bertz CT molecular complexity index is 667. The van der Waals surface area contributed by atoms with Gasteiger partial charge in [0.25, 0.3) is 5.91 Å². The molecule has 1 aromatic heterocycles. The number of anilines is 1. The van der Waals surface area contributed by atoms with Gasteiger partial charge in [-0.15, -0.1) is 0 Å². The van der Waals surface area contributed by atoms with E-state index in [1.807, 2.05) is 0 Å². The minimum Gasteiger partial charge on any atom is -0.347 e. The fourth-order valence-electron chi connectivity index (χ4n) is 1.75. The molecule has 2 N–H and O–H groups in total. The number of carbonyl (C=O) groups excluding carboxylic acids is 2. The Morgan fingerprint density at radius 1 is 1.09 bits per heavy atom. The standard InChI is InChI=1S/C15H13F3N2O2S/c16-15(17,18)9-19-13(21)7-10-1-3-12(4-2-10)20-14(22)11-5-6-23-8-11/h1-6,8H,7,9H2,(H,19,21)(H,20,22). The largest absolute Gasteiger partial charge is 0.405 e. The Hall–Kier alpha value is -2.35. The van der Waals surface area contributed by atoms with Crippen LogP contribution >= 0.6 is 11.3 Å². The van der Waals surface area contributed by atoms with Crippen molar-refractivity contribution in [3.05, 3.63) is 52.2 Å². The maximum absolute atomic E-state index is 12.0. The van der Waals surface area contributed by atoms with Gasteiger partial charge in [-0.05, 0) is 29.1 Å². The third-order valence-corrected chi connectivity index (χ3v) is 3.53. The predicted molar refractivity (Wildman–Crippen MR) is 81.5 cm³/mol. The Morgan fingerprint density at radius 2 is 1.78 bits per heavy atom. The number of amides is 2. The van der Waals surface area contributed by atoms with Gasteiger partial charge in [0.05, 0.1) is 12.0 Å². The van der Waals surface area contributed by atoms with Crippen LogP contribution in [0.1, 0.15) is 15.9 Å². The van der Waals surface area contributed by atoms with Gasteiger partial charge in [0.15, 0.2) is 0 Å². The lowest BCUT2D eigenvalue weighted by molar-refractivity contribution is -0.138. The SMILES string of the molecule is O=C(Cc1ccc(NC(=O)c2ccsc2)cc1)NCC(F)(F)F. The van der Waals surface area contributed by atoms with Crippen LogP contribution in [0.2, 0.25) is 0 Å². The lowest BCUT2D eigenvalue weighted by Crippen LogP contribution is -2.34. The van der Waals surface area contributed by atoms with Crippen LogP contribution in [0.15, 0.2) is 41.1 Å². The average Bonchev–Trinajstić information content (AvgIpc) is 3.01. The van der Waals surface area contributed by atoms with Crippen molar-refractivity contribution in [1.29, 1.82) is 0 Å². The number of carbonyl (C=O) groups is 2. The molecule has 1 heterocycles. The summed E-state index contributed by atoms with van der Waals surface area (Å²) in [4.78, 5) is 23.2. The van der Waals surface area contributed by atoms with Crippen molar-refractivity contribution in [1.82, 2.24) is 5.32 Å². The third kappa shape index (κ3) is 5.74. The number of alkyl halides is 3. The van der Waals surface area contributed by atoms with E-state index in [0.717, 1.165) is 0 Å². The Kier molecular flexibility index (Phi) is 5.38. The van der Waals surface area contributed by atoms with Gasteiger partial charge in [-0.25, -0.2) is 0 Å². The summed E-state index contributed by atoms with van der Waals surface area (Å²) in [7, 11) is 0. The third-order valence-electron chi connectivity index (χ3n) is 2.85. The number of halogens is 3. The molecule has 0 radical (unpaired) electrons. The lowest BCUT2D eigenvalue weighted by atomic mass is 10.1. The zero-order chi connectivity index (χ0) is 16.9. The highest BCUT2D eigenvalue weighted by atomic mass is 32.1. The molecule has 0 fully saturated rings. The smallest absolute Gasteiger partial charge is 0.347 e. The summed E-state index contributed by atoms with van der Waals surface area (Å²) in [5, 5.41) is 8.00. The first-order valence-corrected chi connectivity index (χ1v) is 7.54. The van der Waals surface area contributed by atoms with Crippen LogP contribution in [-0.2, 0) is 11.2 Å². The average molecular weight is 342 g/mol. The molecule has 4 nitrogen and oxygen atoms in total. The van der Waals surface area contributed by atoms with E-state index in [4.69, 9.17) is 0 Å². The molecule has 0 aliphatic carbocycles. The van der Waals surface area contributed by atoms with E-state index in [9.17, 15) is 22.8 Å². The number of hydrogen-bond acceptors (Lipinski definition) is 3. The fraction of sp³-hybridized carbons (Fsp3) is 0.200. The van der Waals surface area contributed by atoms with Crippen molar-refractivity contribution in [3.8, 4) is 0 Å². The van der Waals surface area contributed by atoms with E-state index in [1.165, 1.54) is 11.3 Å². The van der Waals surface area contributed by atoms with Gasteiger partial charge >= 0.3 is 6.18 Å². The molecule has 0 saturated carbocycles. The normalized spacial score (nSPS) is 11.1. The van der Waals surface area contributed by atoms with Gasteiger partial charge < -0.3 is 10.6 Å². The van der Waals surface area contributed by atoms with E-state index in [2.05, 4.69) is 5.32 Å². The number of thiophene rings is 1. The van der Waals surface area contributed by atoms with Crippen LogP contribution in [0.3, 0.4) is 0 Å². The van der Waals surface area contributed by atoms with E-state index < -0.39 is 18.6 Å². The Labute approximate surface area is 134 Å². The first-order chi connectivity index (χ1) is 10.8. The Balaban J connectivity index is 1.87. The summed E-state index contributed by atoms with van der Waals surface area (Å²) in [6.45, 7) is -1.35. The summed E-state index contributed by atoms with van der Waals surface area (Å²) in [6.07, 6.45) is -4.58. The number of benzene rings is 1. The zero-order valence-corrected chi connectivity index (χ0v) is 12.6. The van der Waals surface area contributed by atoms with Crippen molar-refractivity contribution in [3.63, 3.8) is 0 Å². The Morgan fingerprint density at radius 3 is 2.35 bits per heavy atom. The number of rotatable bonds is 5. The second-order valence-corrected chi connectivity index (χ2v) is 5.51. The second kappa shape index (κ2) is 7.28. The van der Waals surface area contributed by atoms with Crippen LogP contribution in [0, 0.1) is 0 Å². The van der Waals surface area contributed by atoms with Crippen molar-refractivity contribution < 1.29 is 22.8 Å². The zero-order valence-electron chi connectivity index (χ0n) is 11.8. The van der Waals surface area contributed by atoms with Crippen molar-refractivity contribution in [2.45, 2.75) is 12.6 Å². The molecule has 1 aromatic carbocycles. The highest BCUT2D eigenvalue weighted by Gasteiger charge is 2.27. The molecule has 2 aromatic rings. The van der Waals surface area contributed by atoms with Crippen LogP contribution in [0.4, 0.5) is 18.9 Å². The van der Waals surface area contributed by atoms with Gasteiger partial charge in [0.2, 0.25) is 5.91 Å². The minimum atomic E-state index is -4.43. The lowest BCUT2D eigenvalue weighted by Gasteiger charge is -2.09. The maximum Gasteiger partial charge on any atom is 0.405 e. The fourth-order valence-corrected chi connectivity index (χ4v) is 2.39. The second-order valence-electron chi connectivity index (χ2n) is 4.73. The molecule has 0 atom stereocenters. The summed E-state index contributed by atoms with van der Waals surface area (Å²) >= 11 is 1.41. The highest BCUT2D eigenvalue weighted by molar-refractivity contribution is 7.08. The van der Waals surface area contributed by atoms with Gasteiger partial charge in [-0.3, -0.25) is 9.59 Å². The molecule has 122 valence electrons. The first kappa shape index (κ1) is 17.0. The monoisotopic (exact) mass is 342 g/mol. The van der Waals surface area contributed by atoms with Crippen LogP contribution in [-0.4, -0.2) is 24.5 Å². The van der Waals surface area contributed by atoms with E-state index >= 15 is 0 Å². The first-order valence-electron chi connectivity index (χ1n) is 6.59. The van der Waals surface area contributed by atoms with Crippen molar-refractivity contribution >= 4 is 28.8 Å². The maximum atomic E-state index is 12.0. The minimum absolute atomic E-state index is 0.158. The molecule has 2 amide bonds. The number of nitrogens with one attached hydrogen (secondary N) is 2. The van der Waals surface area contributed by atoms with Gasteiger partial charge in [-0.1, -0.05) is 12.1 Å². The van der Waals surface area contributed by atoms with Crippen LogP contribution in [0.25, 0.3) is 0 Å². The molecule has 0 unspecified atom stereocenters. The van der Waals surface area contributed by atoms with Gasteiger partial charge in [-0.2, -0.15) is 24.5 Å². The topological polar surface area (TPSA) is 58.2 Å². The summed E-state index contributed by atoms with van der Waals surface area (Å²) in [5.74, 6) is -0.959. The van der Waals surface area contributed by atoms with E-state index in [0.29, 0.717) is 16.8 Å². The molecule has 23 heavy (non-hydrogen) atoms. The van der Waals surface area contributed by atoms with E-state index in [-0.39, 0.29) is 12.3 Å². The van der Waals surface area contributed by atoms with Gasteiger partial charge in [0.1, 0.15) is 6.54 Å². The molecular formula is C15H13F3N2O2S. The highest BCUT2D eigenvalue weighted by Crippen LogP contribution is 2.14. The summed E-state index contributed by atoms with van der Waals surface area (Å²) in [6, 6.07) is 8.04. The summed E-state index contributed by atoms with van der Waals surface area (Å²) < 4.78 is 36.0. The molecule has 0 aliphatic heterocycles. The molecular weight excluding hydrogens is 329 g/mol. The summed E-state index contributed by atoms with van der Waals surface area (Å²) in [5.41, 5.74) is 1.64. The van der Waals surface area contributed by atoms with Crippen LogP contribution in [0.5, 0.6) is 0 Å². The van der Waals surface area contributed by atoms with Crippen molar-refractivity contribution in [2.24, 2.45) is 0 Å².